The first-order valence-corrected chi connectivity index (χ1v) is 6.96. The molecule has 17 heavy (non-hydrogen) atoms. The number of nitrogens with one attached hydrogen (secondary N) is 1. The van der Waals surface area contributed by atoms with E-state index < -0.39 is 0 Å². The van der Waals surface area contributed by atoms with Crippen molar-refractivity contribution in [3.8, 4) is 5.75 Å². The molecule has 1 aliphatic rings. The number of halogens is 1. The van der Waals surface area contributed by atoms with E-state index in [1.165, 1.54) is 6.42 Å². The molecule has 1 aromatic carbocycles. The predicted octanol–water partition coefficient (Wildman–Crippen LogP) is 3.46. The summed E-state index contributed by atoms with van der Waals surface area (Å²) in [7, 11) is 0. The number of hydrogen-bond acceptors (Lipinski definition) is 2. The van der Waals surface area contributed by atoms with Gasteiger partial charge in [0.05, 0.1) is 0 Å². The van der Waals surface area contributed by atoms with Crippen molar-refractivity contribution in [1.29, 1.82) is 0 Å². The van der Waals surface area contributed by atoms with Crippen LogP contribution in [0.25, 0.3) is 0 Å². The molecule has 2 nitrogen and oxygen atoms in total. The Morgan fingerprint density at radius 2 is 2.00 bits per heavy atom. The number of ether oxygens (including phenoxy) is 1. The second-order valence-electron chi connectivity index (χ2n) is 5.40. The molecule has 1 saturated carbocycles. The largest absolute Gasteiger partial charge is 0.492 e. The lowest BCUT2D eigenvalue weighted by Gasteiger charge is -2.08. The van der Waals surface area contributed by atoms with Crippen LogP contribution < -0.4 is 10.1 Å². The quantitative estimate of drug-likeness (QED) is 0.812. The Morgan fingerprint density at radius 3 is 2.59 bits per heavy atom. The fourth-order valence-corrected chi connectivity index (χ4v) is 2.24. The number of hydrogen-bond donors (Lipinski definition) is 1. The molecule has 3 heteroatoms. The lowest BCUT2D eigenvalue weighted by molar-refractivity contribution is 0.311. The van der Waals surface area contributed by atoms with Gasteiger partial charge in [-0.2, -0.15) is 0 Å². The molecule has 1 N–H and O–H groups in total. The van der Waals surface area contributed by atoms with Gasteiger partial charge in [-0.25, -0.2) is 0 Å². The summed E-state index contributed by atoms with van der Waals surface area (Å²) < 4.78 is 6.71. The van der Waals surface area contributed by atoms with Crippen LogP contribution in [-0.4, -0.2) is 19.7 Å². The molecule has 1 aromatic rings. The Kier molecular flexibility index (Phi) is 4.10. The molecule has 0 bridgehead atoms. The molecule has 0 amide bonds. The summed E-state index contributed by atoms with van der Waals surface area (Å²) in [6.07, 6.45) is 1.35. The molecule has 0 aromatic heterocycles. The van der Waals surface area contributed by atoms with Gasteiger partial charge >= 0.3 is 0 Å². The summed E-state index contributed by atoms with van der Waals surface area (Å²) in [5.41, 5.74) is 0.569. The minimum absolute atomic E-state index is 0.569. The molecular weight excluding hydrogens is 278 g/mol. The van der Waals surface area contributed by atoms with E-state index in [2.05, 4.69) is 35.1 Å². The average Bonchev–Trinajstić information content (AvgIpc) is 2.89. The minimum atomic E-state index is 0.569. The van der Waals surface area contributed by atoms with Crippen LogP contribution in [0.2, 0.25) is 0 Å². The van der Waals surface area contributed by atoms with Crippen LogP contribution in [0, 0.1) is 11.3 Å². The fraction of sp³-hybridized carbons (Fsp3) is 0.571. The van der Waals surface area contributed by atoms with Crippen LogP contribution in [-0.2, 0) is 0 Å². The zero-order chi connectivity index (χ0) is 12.3. The maximum atomic E-state index is 5.63. The lowest BCUT2D eigenvalue weighted by Crippen LogP contribution is -2.24. The second-order valence-corrected chi connectivity index (χ2v) is 6.31. The van der Waals surface area contributed by atoms with E-state index in [-0.39, 0.29) is 0 Å². The van der Waals surface area contributed by atoms with Crippen molar-refractivity contribution >= 4 is 15.9 Å². The van der Waals surface area contributed by atoms with Gasteiger partial charge in [-0.15, -0.1) is 0 Å². The molecule has 2 rings (SSSR count). The molecule has 0 heterocycles. The van der Waals surface area contributed by atoms with E-state index in [9.17, 15) is 0 Å². The Bertz CT molecular complexity index is 361. The molecule has 1 aliphatic carbocycles. The standard InChI is InChI=1S/C14H20BrNO/c1-14(2)9-11(14)10-16-7-8-17-13-5-3-12(15)4-6-13/h3-6,11,16H,7-10H2,1-2H3. The first-order valence-electron chi connectivity index (χ1n) is 6.17. The van der Waals surface area contributed by atoms with Gasteiger partial charge in [0.15, 0.2) is 0 Å². The van der Waals surface area contributed by atoms with Gasteiger partial charge < -0.3 is 10.1 Å². The highest BCUT2D eigenvalue weighted by Crippen LogP contribution is 2.50. The van der Waals surface area contributed by atoms with E-state index in [0.717, 1.165) is 35.8 Å². The van der Waals surface area contributed by atoms with Crippen molar-refractivity contribution in [2.75, 3.05) is 19.7 Å². The van der Waals surface area contributed by atoms with E-state index in [4.69, 9.17) is 4.74 Å². The number of rotatable bonds is 6. The number of benzene rings is 1. The van der Waals surface area contributed by atoms with Crippen molar-refractivity contribution in [3.05, 3.63) is 28.7 Å². The van der Waals surface area contributed by atoms with E-state index in [1.807, 2.05) is 24.3 Å². The third kappa shape index (κ3) is 4.00. The lowest BCUT2D eigenvalue weighted by atomic mass is 10.1. The van der Waals surface area contributed by atoms with Gasteiger partial charge in [-0.05, 0) is 48.6 Å². The highest BCUT2D eigenvalue weighted by molar-refractivity contribution is 9.10. The summed E-state index contributed by atoms with van der Waals surface area (Å²) in [5.74, 6) is 1.79. The first kappa shape index (κ1) is 12.9. The summed E-state index contributed by atoms with van der Waals surface area (Å²) >= 11 is 3.40. The van der Waals surface area contributed by atoms with Crippen molar-refractivity contribution in [2.24, 2.45) is 11.3 Å². The summed E-state index contributed by atoms with van der Waals surface area (Å²) in [6.45, 7) is 7.43. The SMILES string of the molecule is CC1(C)CC1CNCCOc1ccc(Br)cc1. The normalized spacial score (nSPS) is 21.2. The fourth-order valence-electron chi connectivity index (χ4n) is 1.97. The third-order valence-electron chi connectivity index (χ3n) is 3.47. The van der Waals surface area contributed by atoms with Crippen molar-refractivity contribution < 1.29 is 4.74 Å². The van der Waals surface area contributed by atoms with Gasteiger partial charge in [-0.1, -0.05) is 29.8 Å². The van der Waals surface area contributed by atoms with E-state index >= 15 is 0 Å². The monoisotopic (exact) mass is 297 g/mol. The van der Waals surface area contributed by atoms with Gasteiger partial charge in [-0.3, -0.25) is 0 Å². The topological polar surface area (TPSA) is 21.3 Å². The van der Waals surface area contributed by atoms with Crippen LogP contribution >= 0.6 is 15.9 Å². The Hall–Kier alpha value is -0.540. The van der Waals surface area contributed by atoms with Gasteiger partial charge in [0, 0.05) is 11.0 Å². The maximum absolute atomic E-state index is 5.63. The van der Waals surface area contributed by atoms with Crippen LogP contribution in [0.3, 0.4) is 0 Å². The van der Waals surface area contributed by atoms with E-state index in [0.29, 0.717) is 5.41 Å². The zero-order valence-corrected chi connectivity index (χ0v) is 12.1. The Morgan fingerprint density at radius 1 is 1.35 bits per heavy atom. The molecule has 1 fully saturated rings. The van der Waals surface area contributed by atoms with Crippen LogP contribution in [0.5, 0.6) is 5.75 Å². The summed E-state index contributed by atoms with van der Waals surface area (Å²) in [4.78, 5) is 0. The Balaban J connectivity index is 1.56. The molecule has 0 spiro atoms. The highest BCUT2D eigenvalue weighted by Gasteiger charge is 2.44. The van der Waals surface area contributed by atoms with Crippen LogP contribution in [0.1, 0.15) is 20.3 Å². The molecule has 1 atom stereocenters. The molecule has 1 unspecified atom stereocenters. The van der Waals surface area contributed by atoms with Crippen molar-refractivity contribution in [1.82, 2.24) is 5.32 Å². The summed E-state index contributed by atoms with van der Waals surface area (Å²) in [6, 6.07) is 7.95. The maximum Gasteiger partial charge on any atom is 0.119 e. The van der Waals surface area contributed by atoms with E-state index in [1.54, 1.807) is 0 Å². The Labute approximate surface area is 112 Å². The second kappa shape index (κ2) is 5.40. The zero-order valence-electron chi connectivity index (χ0n) is 10.5. The van der Waals surface area contributed by atoms with Gasteiger partial charge in [0.2, 0.25) is 0 Å². The molecular formula is C14H20BrNO. The molecule has 94 valence electrons. The van der Waals surface area contributed by atoms with Crippen molar-refractivity contribution in [3.63, 3.8) is 0 Å². The van der Waals surface area contributed by atoms with Gasteiger partial charge in [0.1, 0.15) is 12.4 Å². The van der Waals surface area contributed by atoms with Crippen molar-refractivity contribution in [2.45, 2.75) is 20.3 Å². The first-order chi connectivity index (χ1) is 8.08. The highest BCUT2D eigenvalue weighted by atomic mass is 79.9. The third-order valence-corrected chi connectivity index (χ3v) is 4.00. The van der Waals surface area contributed by atoms with Crippen LogP contribution in [0.4, 0.5) is 0 Å². The van der Waals surface area contributed by atoms with Gasteiger partial charge in [0.25, 0.3) is 0 Å². The van der Waals surface area contributed by atoms with Crippen LogP contribution in [0.15, 0.2) is 28.7 Å². The molecule has 0 saturated heterocycles. The molecule has 0 aliphatic heterocycles. The average molecular weight is 298 g/mol. The predicted molar refractivity (Wildman–Crippen MR) is 74.4 cm³/mol. The smallest absolute Gasteiger partial charge is 0.119 e. The minimum Gasteiger partial charge on any atom is -0.492 e. The molecule has 0 radical (unpaired) electrons. The summed E-state index contributed by atoms with van der Waals surface area (Å²) in [5, 5.41) is 3.45.